The number of thiazole rings is 1. The average molecular weight is 338 g/mol. The molecule has 1 aromatic heterocycles. The van der Waals surface area contributed by atoms with Crippen LogP contribution < -0.4 is 4.80 Å². The number of aromatic nitrogens is 1. The maximum Gasteiger partial charge on any atom is 0.190 e. The molecule has 1 heterocycles. The van der Waals surface area contributed by atoms with Crippen LogP contribution in [0, 0.1) is 19.7 Å². The molecular weight excluding hydrogens is 319 g/mol. The van der Waals surface area contributed by atoms with Crippen LogP contribution in [0.25, 0.3) is 11.3 Å². The van der Waals surface area contributed by atoms with Gasteiger partial charge in [0.25, 0.3) is 0 Å². The lowest BCUT2D eigenvalue weighted by atomic mass is 10.1. The van der Waals surface area contributed by atoms with Gasteiger partial charge in [-0.3, -0.25) is 0 Å². The molecule has 2 aromatic carbocycles. The molecule has 4 heteroatoms. The van der Waals surface area contributed by atoms with Crippen LogP contribution in [0.15, 0.2) is 52.8 Å². The molecule has 0 amide bonds. The van der Waals surface area contributed by atoms with Crippen molar-refractivity contribution in [1.29, 1.82) is 0 Å². The van der Waals surface area contributed by atoms with Gasteiger partial charge in [-0.2, -0.15) is 0 Å². The van der Waals surface area contributed by atoms with E-state index in [-0.39, 0.29) is 5.82 Å². The molecule has 0 unspecified atom stereocenters. The number of nitrogens with zero attached hydrogens (tertiary/aromatic N) is 2. The highest BCUT2D eigenvalue weighted by molar-refractivity contribution is 7.07. The van der Waals surface area contributed by atoms with Crippen molar-refractivity contribution < 1.29 is 4.39 Å². The number of para-hydroxylation sites is 1. The largest absolute Gasteiger partial charge is 0.313 e. The number of rotatable bonds is 3. The molecule has 0 spiro atoms. The third kappa shape index (κ3) is 2.82. The molecule has 24 heavy (non-hydrogen) atoms. The Bertz CT molecular complexity index is 926. The summed E-state index contributed by atoms with van der Waals surface area (Å²) in [6, 6.07) is 13.5. The molecule has 0 radical (unpaired) electrons. The molecule has 0 atom stereocenters. The van der Waals surface area contributed by atoms with Gasteiger partial charge in [-0.05, 0) is 67.6 Å². The molecule has 0 aliphatic heterocycles. The van der Waals surface area contributed by atoms with Crippen molar-refractivity contribution in [2.75, 3.05) is 0 Å². The fourth-order valence-corrected chi connectivity index (χ4v) is 3.97. The van der Waals surface area contributed by atoms with Gasteiger partial charge in [-0.25, -0.2) is 9.38 Å². The van der Waals surface area contributed by atoms with Gasteiger partial charge in [-0.1, -0.05) is 18.2 Å². The minimum Gasteiger partial charge on any atom is -0.313 e. The molecule has 4 rings (SSSR count). The molecule has 0 bridgehead atoms. The maximum atomic E-state index is 13.2. The Labute approximate surface area is 144 Å². The molecule has 1 aliphatic carbocycles. The van der Waals surface area contributed by atoms with Crippen LogP contribution in [0.4, 0.5) is 10.1 Å². The maximum absolute atomic E-state index is 13.2. The molecule has 2 nitrogen and oxygen atoms in total. The third-order valence-electron chi connectivity index (χ3n) is 4.44. The normalized spacial score (nSPS) is 15.0. The second-order valence-corrected chi connectivity index (χ2v) is 7.20. The van der Waals surface area contributed by atoms with Gasteiger partial charge in [0.15, 0.2) is 4.80 Å². The summed E-state index contributed by atoms with van der Waals surface area (Å²) in [5.41, 5.74) is 5.61. The molecule has 122 valence electrons. The highest BCUT2D eigenvalue weighted by atomic mass is 32.1. The van der Waals surface area contributed by atoms with E-state index in [9.17, 15) is 4.39 Å². The topological polar surface area (TPSA) is 17.3 Å². The Morgan fingerprint density at radius 1 is 1.04 bits per heavy atom. The second-order valence-electron chi connectivity index (χ2n) is 6.36. The quantitative estimate of drug-likeness (QED) is 0.596. The van der Waals surface area contributed by atoms with Gasteiger partial charge >= 0.3 is 0 Å². The summed E-state index contributed by atoms with van der Waals surface area (Å²) in [5, 5.41) is 2.14. The smallest absolute Gasteiger partial charge is 0.190 e. The molecule has 3 aromatic rings. The fourth-order valence-electron chi connectivity index (χ4n) is 3.00. The van der Waals surface area contributed by atoms with Crippen molar-refractivity contribution in [2.45, 2.75) is 32.7 Å². The van der Waals surface area contributed by atoms with Crippen molar-refractivity contribution in [3.63, 3.8) is 0 Å². The average Bonchev–Trinajstić information content (AvgIpc) is 3.32. The molecule has 1 fully saturated rings. The zero-order valence-corrected chi connectivity index (χ0v) is 14.6. The number of halogens is 1. The van der Waals surface area contributed by atoms with E-state index in [4.69, 9.17) is 4.99 Å². The van der Waals surface area contributed by atoms with Crippen molar-refractivity contribution in [3.05, 3.63) is 69.6 Å². The lowest BCUT2D eigenvalue weighted by Crippen LogP contribution is -2.14. The van der Waals surface area contributed by atoms with E-state index >= 15 is 0 Å². The SMILES string of the molecule is Cc1cccc(C)c1N=c1scc(-c2ccc(F)cc2)n1C1CC1. The minimum absolute atomic E-state index is 0.201. The Kier molecular flexibility index (Phi) is 3.85. The third-order valence-corrected chi connectivity index (χ3v) is 5.28. The zero-order valence-electron chi connectivity index (χ0n) is 13.8. The van der Waals surface area contributed by atoms with Gasteiger partial charge in [0, 0.05) is 11.4 Å². The summed E-state index contributed by atoms with van der Waals surface area (Å²) in [5.74, 6) is -0.201. The summed E-state index contributed by atoms with van der Waals surface area (Å²) >= 11 is 1.66. The molecule has 0 saturated heterocycles. The monoisotopic (exact) mass is 338 g/mol. The first-order valence-electron chi connectivity index (χ1n) is 8.20. The van der Waals surface area contributed by atoms with E-state index in [2.05, 4.69) is 42.0 Å². The standard InChI is InChI=1S/C20H19FN2S/c1-13-4-3-5-14(2)19(13)22-20-23(17-10-11-17)18(12-24-20)15-6-8-16(21)9-7-15/h3-9,12,17H,10-11H2,1-2H3. The van der Waals surface area contributed by atoms with Crippen molar-refractivity contribution in [3.8, 4) is 11.3 Å². The second kappa shape index (κ2) is 6.02. The molecule has 1 aliphatic rings. The first-order chi connectivity index (χ1) is 11.6. The molecule has 0 N–H and O–H groups in total. The number of benzene rings is 2. The Hall–Kier alpha value is -2.20. The van der Waals surface area contributed by atoms with Crippen LogP contribution in [0.2, 0.25) is 0 Å². The minimum atomic E-state index is -0.201. The van der Waals surface area contributed by atoms with E-state index in [0.29, 0.717) is 6.04 Å². The summed E-state index contributed by atoms with van der Waals surface area (Å²) < 4.78 is 15.6. The predicted molar refractivity (Wildman–Crippen MR) is 97.1 cm³/mol. The van der Waals surface area contributed by atoms with Crippen molar-refractivity contribution in [2.24, 2.45) is 4.99 Å². The number of aryl methyl sites for hydroxylation is 2. The highest BCUT2D eigenvalue weighted by Gasteiger charge is 2.27. The van der Waals surface area contributed by atoms with Crippen LogP contribution in [-0.4, -0.2) is 4.57 Å². The van der Waals surface area contributed by atoms with E-state index in [0.717, 1.165) is 21.7 Å². The van der Waals surface area contributed by atoms with E-state index < -0.39 is 0 Å². The van der Waals surface area contributed by atoms with E-state index in [1.807, 2.05) is 12.1 Å². The van der Waals surface area contributed by atoms with Gasteiger partial charge in [0.1, 0.15) is 5.82 Å². The molecular formula is C20H19FN2S. The van der Waals surface area contributed by atoms with Crippen LogP contribution in [0.5, 0.6) is 0 Å². The predicted octanol–water partition coefficient (Wildman–Crippen LogP) is 5.54. The summed E-state index contributed by atoms with van der Waals surface area (Å²) in [4.78, 5) is 5.99. The lowest BCUT2D eigenvalue weighted by molar-refractivity contribution is 0.628. The van der Waals surface area contributed by atoms with Gasteiger partial charge < -0.3 is 4.57 Å². The first kappa shape index (κ1) is 15.3. The number of hydrogen-bond donors (Lipinski definition) is 0. The van der Waals surface area contributed by atoms with Crippen molar-refractivity contribution in [1.82, 2.24) is 4.57 Å². The van der Waals surface area contributed by atoms with E-state index in [1.165, 1.54) is 36.1 Å². The van der Waals surface area contributed by atoms with Crippen LogP contribution in [0.1, 0.15) is 30.0 Å². The van der Waals surface area contributed by atoms with Gasteiger partial charge in [0.2, 0.25) is 0 Å². The first-order valence-corrected chi connectivity index (χ1v) is 9.08. The summed E-state index contributed by atoms with van der Waals surface area (Å²) in [6.07, 6.45) is 2.37. The van der Waals surface area contributed by atoms with Gasteiger partial charge in [0.05, 0.1) is 11.4 Å². The number of hydrogen-bond acceptors (Lipinski definition) is 2. The van der Waals surface area contributed by atoms with Gasteiger partial charge in [-0.15, -0.1) is 11.3 Å². The van der Waals surface area contributed by atoms with Crippen LogP contribution in [-0.2, 0) is 0 Å². The zero-order chi connectivity index (χ0) is 16.7. The van der Waals surface area contributed by atoms with Crippen LogP contribution >= 0.6 is 11.3 Å². The summed E-state index contributed by atoms with van der Waals surface area (Å²) in [7, 11) is 0. The Morgan fingerprint density at radius 2 is 1.71 bits per heavy atom. The fraction of sp³-hybridized carbons (Fsp3) is 0.250. The molecule has 1 saturated carbocycles. The van der Waals surface area contributed by atoms with E-state index in [1.54, 1.807) is 11.3 Å². The highest BCUT2D eigenvalue weighted by Crippen LogP contribution is 2.38. The Morgan fingerprint density at radius 3 is 2.33 bits per heavy atom. The Balaban J connectivity index is 1.88. The summed E-state index contributed by atoms with van der Waals surface area (Å²) in [6.45, 7) is 4.20. The lowest BCUT2D eigenvalue weighted by Gasteiger charge is -2.08. The van der Waals surface area contributed by atoms with Crippen LogP contribution in [0.3, 0.4) is 0 Å². The van der Waals surface area contributed by atoms with Crippen molar-refractivity contribution >= 4 is 17.0 Å².